The van der Waals surface area contributed by atoms with Crippen molar-refractivity contribution in [3.63, 3.8) is 0 Å². The van der Waals surface area contributed by atoms with Gasteiger partial charge in [-0.3, -0.25) is 10.4 Å². The van der Waals surface area contributed by atoms with E-state index in [1.165, 1.54) is 5.56 Å². The summed E-state index contributed by atoms with van der Waals surface area (Å²) in [5, 5.41) is 12.3. The Balaban J connectivity index is 1.42. The molecule has 0 fully saturated rings. The molecule has 0 aromatic heterocycles. The zero-order chi connectivity index (χ0) is 20.2. The fourth-order valence-corrected chi connectivity index (χ4v) is 3.93. The van der Waals surface area contributed by atoms with Gasteiger partial charge >= 0.3 is 0 Å². The van der Waals surface area contributed by atoms with Crippen LogP contribution in [0.5, 0.6) is 0 Å². The molecule has 4 nitrogen and oxygen atoms in total. The molecular formula is C22H17Cl3N4. The van der Waals surface area contributed by atoms with Gasteiger partial charge in [0.2, 0.25) is 0 Å². The van der Waals surface area contributed by atoms with Crippen LogP contribution >= 0.6 is 34.8 Å². The summed E-state index contributed by atoms with van der Waals surface area (Å²) >= 11 is 18.2. The van der Waals surface area contributed by atoms with Crippen molar-refractivity contribution in [2.45, 2.75) is 6.42 Å². The van der Waals surface area contributed by atoms with Crippen LogP contribution in [0.15, 0.2) is 76.9 Å². The molecule has 29 heavy (non-hydrogen) atoms. The van der Waals surface area contributed by atoms with Gasteiger partial charge in [0.15, 0.2) is 0 Å². The van der Waals surface area contributed by atoms with Gasteiger partial charge in [-0.15, -0.1) is 0 Å². The molecule has 1 N–H and O–H groups in total. The summed E-state index contributed by atoms with van der Waals surface area (Å²) in [7, 11) is 0. The number of rotatable bonds is 5. The van der Waals surface area contributed by atoms with E-state index in [9.17, 15) is 0 Å². The van der Waals surface area contributed by atoms with Crippen LogP contribution in [0.3, 0.4) is 0 Å². The summed E-state index contributed by atoms with van der Waals surface area (Å²) < 4.78 is 0. The summed E-state index contributed by atoms with van der Waals surface area (Å²) in [5.74, 6) is 0. The number of benzene rings is 3. The molecule has 0 amide bonds. The van der Waals surface area contributed by atoms with Gasteiger partial charge < -0.3 is 0 Å². The summed E-state index contributed by atoms with van der Waals surface area (Å²) in [6, 6.07) is 21.5. The standard InChI is InChI=1S/C22H17Cl3N4/c23-17-12-19(24)22(20(25)13-17)27-26-14-15-6-8-18(9-7-15)29-11-10-21(28-29)16-4-2-1-3-5-16/h1-9,12-14,27H,10-11H2. The van der Waals surface area contributed by atoms with Gasteiger partial charge in [-0.2, -0.15) is 10.2 Å². The van der Waals surface area contributed by atoms with Crippen LogP contribution in [-0.2, 0) is 0 Å². The molecule has 0 aliphatic carbocycles. The number of nitrogens with zero attached hydrogens (tertiary/aromatic N) is 3. The van der Waals surface area contributed by atoms with E-state index in [0.717, 1.165) is 29.9 Å². The predicted octanol–water partition coefficient (Wildman–Crippen LogP) is 6.71. The Morgan fingerprint density at radius 3 is 2.31 bits per heavy atom. The normalized spacial score (nSPS) is 13.8. The minimum Gasteiger partial charge on any atom is -0.275 e. The zero-order valence-electron chi connectivity index (χ0n) is 15.3. The third-order valence-corrected chi connectivity index (χ3v) is 5.31. The third-order valence-electron chi connectivity index (χ3n) is 4.50. The molecule has 0 bridgehead atoms. The fourth-order valence-electron chi connectivity index (χ4n) is 3.03. The van der Waals surface area contributed by atoms with Crippen molar-refractivity contribution in [1.82, 2.24) is 0 Å². The van der Waals surface area contributed by atoms with Gasteiger partial charge in [-0.05, 0) is 35.4 Å². The van der Waals surface area contributed by atoms with E-state index >= 15 is 0 Å². The lowest BCUT2D eigenvalue weighted by molar-refractivity contribution is 0.922. The number of anilines is 2. The maximum atomic E-state index is 6.14. The van der Waals surface area contributed by atoms with Crippen molar-refractivity contribution in [2.24, 2.45) is 10.2 Å². The highest BCUT2D eigenvalue weighted by atomic mass is 35.5. The zero-order valence-corrected chi connectivity index (χ0v) is 17.6. The first-order valence-corrected chi connectivity index (χ1v) is 10.2. The number of hydrogen-bond donors (Lipinski definition) is 1. The van der Waals surface area contributed by atoms with Crippen LogP contribution in [0.2, 0.25) is 15.1 Å². The molecule has 3 aromatic rings. The topological polar surface area (TPSA) is 40.0 Å². The molecule has 4 rings (SSSR count). The second-order valence-electron chi connectivity index (χ2n) is 6.49. The van der Waals surface area contributed by atoms with Gasteiger partial charge in [0.05, 0.1) is 33.3 Å². The number of nitrogens with one attached hydrogen (secondary N) is 1. The lowest BCUT2D eigenvalue weighted by atomic mass is 10.1. The lowest BCUT2D eigenvalue weighted by Gasteiger charge is -2.13. The van der Waals surface area contributed by atoms with E-state index in [0.29, 0.717) is 20.8 Å². The maximum absolute atomic E-state index is 6.14. The van der Waals surface area contributed by atoms with Crippen LogP contribution in [0.4, 0.5) is 11.4 Å². The Hall–Kier alpha value is -2.53. The third kappa shape index (κ3) is 4.73. The molecule has 0 atom stereocenters. The Bertz CT molecular complexity index is 1040. The van der Waals surface area contributed by atoms with Crippen LogP contribution < -0.4 is 10.4 Å². The van der Waals surface area contributed by atoms with Gasteiger partial charge in [-0.1, -0.05) is 77.3 Å². The van der Waals surface area contributed by atoms with Crippen LogP contribution in [0.1, 0.15) is 17.5 Å². The van der Waals surface area contributed by atoms with E-state index < -0.39 is 0 Å². The molecule has 0 saturated carbocycles. The first-order valence-electron chi connectivity index (χ1n) is 9.04. The van der Waals surface area contributed by atoms with E-state index in [1.54, 1.807) is 18.3 Å². The number of hydrogen-bond acceptors (Lipinski definition) is 4. The highest BCUT2D eigenvalue weighted by molar-refractivity contribution is 6.41. The smallest absolute Gasteiger partial charge is 0.0935 e. The molecule has 0 spiro atoms. The second-order valence-corrected chi connectivity index (χ2v) is 7.74. The van der Waals surface area contributed by atoms with Crippen molar-refractivity contribution in [3.8, 4) is 0 Å². The average Bonchev–Trinajstić information content (AvgIpc) is 3.21. The van der Waals surface area contributed by atoms with Crippen molar-refractivity contribution < 1.29 is 0 Å². The van der Waals surface area contributed by atoms with Gasteiger partial charge in [0.1, 0.15) is 0 Å². The molecule has 3 aromatic carbocycles. The summed E-state index contributed by atoms with van der Waals surface area (Å²) in [6.45, 7) is 0.868. The monoisotopic (exact) mass is 442 g/mol. The Labute approximate surface area is 184 Å². The van der Waals surface area contributed by atoms with Gasteiger partial charge in [0.25, 0.3) is 0 Å². The van der Waals surface area contributed by atoms with Crippen molar-refractivity contribution in [3.05, 3.63) is 92.9 Å². The predicted molar refractivity (Wildman–Crippen MR) is 124 cm³/mol. The minimum absolute atomic E-state index is 0.413. The molecular weight excluding hydrogens is 427 g/mol. The SMILES string of the molecule is Clc1cc(Cl)c(NN=Cc2ccc(N3CCC(c4ccccc4)=N3)cc2)c(Cl)c1. The Kier molecular flexibility index (Phi) is 6.05. The van der Waals surface area contributed by atoms with Crippen molar-refractivity contribution >= 4 is 58.1 Å². The molecule has 1 heterocycles. The van der Waals surface area contributed by atoms with E-state index in [4.69, 9.17) is 39.9 Å². The highest BCUT2D eigenvalue weighted by Gasteiger charge is 2.16. The quantitative estimate of drug-likeness (QED) is 0.352. The molecule has 0 radical (unpaired) electrons. The minimum atomic E-state index is 0.413. The molecule has 1 aliphatic rings. The van der Waals surface area contributed by atoms with E-state index in [1.807, 2.05) is 47.5 Å². The van der Waals surface area contributed by atoms with Crippen molar-refractivity contribution in [2.75, 3.05) is 17.0 Å². The van der Waals surface area contributed by atoms with Gasteiger partial charge in [0, 0.05) is 18.0 Å². The Morgan fingerprint density at radius 2 is 1.62 bits per heavy atom. The Morgan fingerprint density at radius 1 is 0.931 bits per heavy atom. The maximum Gasteiger partial charge on any atom is 0.0935 e. The molecule has 0 saturated heterocycles. The first-order chi connectivity index (χ1) is 14.1. The second kappa shape index (κ2) is 8.87. The van der Waals surface area contributed by atoms with Gasteiger partial charge in [-0.25, -0.2) is 0 Å². The van der Waals surface area contributed by atoms with E-state index in [-0.39, 0.29) is 0 Å². The summed E-state index contributed by atoms with van der Waals surface area (Å²) in [6.07, 6.45) is 2.63. The largest absolute Gasteiger partial charge is 0.275 e. The van der Waals surface area contributed by atoms with Crippen LogP contribution in [0.25, 0.3) is 0 Å². The summed E-state index contributed by atoms with van der Waals surface area (Å²) in [4.78, 5) is 0. The lowest BCUT2D eigenvalue weighted by Crippen LogP contribution is -2.11. The number of hydrazone groups is 2. The molecule has 0 unspecified atom stereocenters. The van der Waals surface area contributed by atoms with E-state index in [2.05, 4.69) is 22.7 Å². The van der Waals surface area contributed by atoms with Crippen LogP contribution in [0, 0.1) is 0 Å². The number of halogens is 3. The highest BCUT2D eigenvalue weighted by Crippen LogP contribution is 2.33. The fraction of sp³-hybridized carbons (Fsp3) is 0.0909. The van der Waals surface area contributed by atoms with Crippen LogP contribution in [-0.4, -0.2) is 18.5 Å². The van der Waals surface area contributed by atoms with Crippen molar-refractivity contribution in [1.29, 1.82) is 0 Å². The first kappa shape index (κ1) is 19.8. The summed E-state index contributed by atoms with van der Waals surface area (Å²) in [5.41, 5.74) is 7.65. The average molecular weight is 444 g/mol. The molecule has 1 aliphatic heterocycles. The molecule has 7 heteroatoms. The molecule has 146 valence electrons.